The lowest BCUT2D eigenvalue weighted by Gasteiger charge is -2.30. The van der Waals surface area contributed by atoms with E-state index in [1.807, 2.05) is 18.7 Å². The fourth-order valence-corrected chi connectivity index (χ4v) is 5.21. The van der Waals surface area contributed by atoms with Gasteiger partial charge in [0, 0.05) is 24.4 Å². The number of thiazole rings is 2. The van der Waals surface area contributed by atoms with E-state index in [0.717, 1.165) is 33.4 Å². The van der Waals surface area contributed by atoms with Crippen LogP contribution in [-0.2, 0) is 0 Å². The molecule has 1 aliphatic heterocycles. The summed E-state index contributed by atoms with van der Waals surface area (Å²) in [4.78, 5) is 40.7. The van der Waals surface area contributed by atoms with Gasteiger partial charge in [0.15, 0.2) is 0 Å². The molecule has 0 radical (unpaired) electrons. The highest BCUT2D eigenvalue weighted by atomic mass is 32.1. The van der Waals surface area contributed by atoms with E-state index in [0.29, 0.717) is 24.6 Å². The molecule has 2 amide bonds. The molecule has 0 spiro atoms. The third-order valence-electron chi connectivity index (χ3n) is 4.81. The van der Waals surface area contributed by atoms with Crippen LogP contribution < -0.4 is 5.32 Å². The van der Waals surface area contributed by atoms with Gasteiger partial charge in [-0.15, -0.1) is 27.8 Å². The van der Waals surface area contributed by atoms with Gasteiger partial charge >= 0.3 is 0 Å². The number of anilines is 1. The lowest BCUT2D eigenvalue weighted by molar-refractivity contribution is 0.0717. The number of hydrogen-bond donors (Lipinski definition) is 2. The third-order valence-corrected chi connectivity index (χ3v) is 6.87. The van der Waals surface area contributed by atoms with Crippen molar-refractivity contribution in [3.8, 4) is 0 Å². The quantitative estimate of drug-likeness (QED) is 0.656. The Bertz CT molecular complexity index is 1050. The number of carbonyl (C=O) groups excluding carboxylic acids is 2. The van der Waals surface area contributed by atoms with Crippen molar-refractivity contribution in [1.82, 2.24) is 30.0 Å². The zero-order valence-electron chi connectivity index (χ0n) is 16.4. The van der Waals surface area contributed by atoms with E-state index in [9.17, 15) is 9.59 Å². The minimum absolute atomic E-state index is 0.0625. The van der Waals surface area contributed by atoms with Gasteiger partial charge in [0.25, 0.3) is 11.8 Å². The van der Waals surface area contributed by atoms with Crippen molar-refractivity contribution in [2.45, 2.75) is 39.5 Å². The summed E-state index contributed by atoms with van der Waals surface area (Å²) >= 11 is 2.93. The van der Waals surface area contributed by atoms with Crippen LogP contribution in [0.5, 0.6) is 0 Å². The van der Waals surface area contributed by atoms with Crippen molar-refractivity contribution in [3.63, 3.8) is 0 Å². The van der Waals surface area contributed by atoms with Crippen LogP contribution in [0, 0.1) is 20.8 Å². The van der Waals surface area contributed by atoms with Crippen LogP contribution in [-0.4, -0.2) is 55.0 Å². The van der Waals surface area contributed by atoms with Gasteiger partial charge in [0.05, 0.1) is 15.7 Å². The number of amides is 2. The van der Waals surface area contributed by atoms with Gasteiger partial charge in [-0.2, -0.15) is 4.98 Å². The number of piperidine rings is 1. The maximum absolute atomic E-state index is 12.8. The van der Waals surface area contributed by atoms with Gasteiger partial charge in [0.2, 0.25) is 5.95 Å². The minimum Gasteiger partial charge on any atom is -0.338 e. The lowest BCUT2D eigenvalue weighted by atomic mass is 9.97. The first-order valence-corrected chi connectivity index (χ1v) is 11.0. The summed E-state index contributed by atoms with van der Waals surface area (Å²) in [6, 6.07) is 0. The molecule has 3 aromatic heterocycles. The average molecular weight is 432 g/mol. The number of aromatic nitrogens is 5. The Kier molecular flexibility index (Phi) is 5.41. The van der Waals surface area contributed by atoms with Gasteiger partial charge in [-0.05, 0) is 33.6 Å². The van der Waals surface area contributed by atoms with Crippen molar-refractivity contribution in [1.29, 1.82) is 0 Å². The molecular formula is C18H21N7O2S2. The predicted octanol–water partition coefficient (Wildman–Crippen LogP) is 2.92. The summed E-state index contributed by atoms with van der Waals surface area (Å²) in [7, 11) is 0. The molecule has 1 aliphatic rings. The third kappa shape index (κ3) is 4.20. The Labute approximate surface area is 175 Å². The molecule has 0 saturated carbocycles. The molecule has 29 heavy (non-hydrogen) atoms. The van der Waals surface area contributed by atoms with Gasteiger partial charge < -0.3 is 4.90 Å². The summed E-state index contributed by atoms with van der Waals surface area (Å²) < 4.78 is 0. The lowest BCUT2D eigenvalue weighted by Crippen LogP contribution is -2.37. The highest BCUT2D eigenvalue weighted by molar-refractivity contribution is 7.13. The molecule has 9 nitrogen and oxygen atoms in total. The van der Waals surface area contributed by atoms with Crippen molar-refractivity contribution in [3.05, 3.63) is 37.5 Å². The van der Waals surface area contributed by atoms with E-state index in [4.69, 9.17) is 0 Å². The second-order valence-corrected chi connectivity index (χ2v) is 9.08. The number of aryl methyl sites for hydroxylation is 3. The highest BCUT2D eigenvalue weighted by Crippen LogP contribution is 2.31. The monoisotopic (exact) mass is 431 g/mol. The van der Waals surface area contributed by atoms with Crippen molar-refractivity contribution < 1.29 is 9.59 Å². The summed E-state index contributed by atoms with van der Waals surface area (Å²) in [5.74, 6) is 0.857. The molecule has 11 heteroatoms. The van der Waals surface area contributed by atoms with Crippen molar-refractivity contribution in [2.75, 3.05) is 18.4 Å². The summed E-state index contributed by atoms with van der Waals surface area (Å²) in [5.41, 5.74) is 1.17. The number of H-pyrrole nitrogens is 1. The Morgan fingerprint density at radius 1 is 1.17 bits per heavy atom. The van der Waals surface area contributed by atoms with E-state index in [-0.39, 0.29) is 23.7 Å². The second kappa shape index (κ2) is 7.99. The summed E-state index contributed by atoms with van der Waals surface area (Å²) in [5, 5.41) is 12.8. The first-order valence-electron chi connectivity index (χ1n) is 9.30. The molecule has 4 rings (SSSR count). The number of carbonyl (C=O) groups is 2. The maximum atomic E-state index is 12.8. The Hall–Kier alpha value is -2.66. The van der Waals surface area contributed by atoms with Gasteiger partial charge in [-0.1, -0.05) is 0 Å². The van der Waals surface area contributed by atoms with Gasteiger partial charge in [-0.3, -0.25) is 20.0 Å². The molecule has 0 atom stereocenters. The summed E-state index contributed by atoms with van der Waals surface area (Å²) in [6.07, 6.45) is 1.66. The Balaban J connectivity index is 1.36. The number of hydrogen-bond acceptors (Lipinski definition) is 8. The normalized spacial score (nSPS) is 14.9. The van der Waals surface area contributed by atoms with Crippen LogP contribution in [0.1, 0.15) is 60.5 Å². The zero-order valence-corrected chi connectivity index (χ0v) is 18.0. The first kappa shape index (κ1) is 19.6. The largest absolute Gasteiger partial charge is 0.338 e. The molecule has 0 aromatic carbocycles. The molecule has 2 N–H and O–H groups in total. The fraction of sp³-hybridized carbons (Fsp3) is 0.444. The maximum Gasteiger partial charge on any atom is 0.277 e. The van der Waals surface area contributed by atoms with E-state index in [2.05, 4.69) is 30.5 Å². The molecule has 0 unspecified atom stereocenters. The molecule has 0 bridgehead atoms. The number of aromatic amines is 1. The Morgan fingerprint density at radius 3 is 2.55 bits per heavy atom. The molecular weight excluding hydrogens is 410 g/mol. The van der Waals surface area contributed by atoms with Crippen LogP contribution >= 0.6 is 22.7 Å². The van der Waals surface area contributed by atoms with Crippen LogP contribution in [0.15, 0.2) is 5.38 Å². The fourth-order valence-electron chi connectivity index (χ4n) is 3.35. The molecule has 3 aromatic rings. The first-order chi connectivity index (χ1) is 13.9. The van der Waals surface area contributed by atoms with Crippen LogP contribution in [0.2, 0.25) is 0 Å². The molecule has 1 saturated heterocycles. The smallest absolute Gasteiger partial charge is 0.277 e. The zero-order chi connectivity index (χ0) is 20.5. The Morgan fingerprint density at radius 2 is 1.93 bits per heavy atom. The van der Waals surface area contributed by atoms with Crippen LogP contribution in [0.3, 0.4) is 0 Å². The standard InChI is InChI=1S/C18H21N7O2S2/c1-9-14(29-11(3)19-9)17(27)25-6-4-12(5-7-25)16-21-13(8-28-16)15(26)22-18-20-10(2)23-24-18/h8,12H,4-7H2,1-3H3,(H2,20,22,23,24,26). The molecule has 0 aliphatic carbocycles. The number of likely N-dealkylation sites (tertiary alicyclic amines) is 1. The second-order valence-electron chi connectivity index (χ2n) is 6.98. The van der Waals surface area contributed by atoms with E-state index < -0.39 is 0 Å². The summed E-state index contributed by atoms with van der Waals surface area (Å²) in [6.45, 7) is 6.92. The van der Waals surface area contributed by atoms with E-state index >= 15 is 0 Å². The number of nitrogens with one attached hydrogen (secondary N) is 2. The highest BCUT2D eigenvalue weighted by Gasteiger charge is 2.28. The van der Waals surface area contributed by atoms with Crippen molar-refractivity contribution in [2.24, 2.45) is 0 Å². The molecule has 4 heterocycles. The van der Waals surface area contributed by atoms with Crippen molar-refractivity contribution >= 4 is 40.4 Å². The minimum atomic E-state index is -0.324. The molecule has 1 fully saturated rings. The topological polar surface area (TPSA) is 117 Å². The number of rotatable bonds is 4. The van der Waals surface area contributed by atoms with Gasteiger partial charge in [-0.25, -0.2) is 9.97 Å². The SMILES string of the molecule is Cc1nc(NC(=O)c2csc(C3CCN(C(=O)c4sc(C)nc4C)CC3)n2)n[nH]1. The van der Waals surface area contributed by atoms with Crippen LogP contribution in [0.4, 0.5) is 5.95 Å². The van der Waals surface area contributed by atoms with E-state index in [1.54, 1.807) is 12.3 Å². The number of nitrogens with zero attached hydrogens (tertiary/aromatic N) is 5. The molecule has 152 valence electrons. The van der Waals surface area contributed by atoms with Gasteiger partial charge in [0.1, 0.15) is 16.4 Å². The van der Waals surface area contributed by atoms with E-state index in [1.165, 1.54) is 22.7 Å². The predicted molar refractivity (Wildman–Crippen MR) is 111 cm³/mol. The average Bonchev–Trinajstić information content (AvgIpc) is 3.42. The van der Waals surface area contributed by atoms with Crippen LogP contribution in [0.25, 0.3) is 0 Å².